The van der Waals surface area contributed by atoms with Crippen LogP contribution in [0.1, 0.15) is 75.4 Å². The summed E-state index contributed by atoms with van der Waals surface area (Å²) in [7, 11) is 0. The van der Waals surface area contributed by atoms with Crippen molar-refractivity contribution in [2.24, 2.45) is 11.7 Å². The molecule has 4 rings (SSSR count). The number of anilines is 3. The molecule has 1 atom stereocenters. The number of carbonyl (C=O) groups excluding carboxylic acids is 1. The Labute approximate surface area is 192 Å². The number of amides is 1. The lowest BCUT2D eigenvalue weighted by Crippen LogP contribution is -2.43. The van der Waals surface area contributed by atoms with Gasteiger partial charge in [0.2, 0.25) is 5.91 Å². The third-order valence-electron chi connectivity index (χ3n) is 6.35. The molecule has 0 bridgehead atoms. The van der Waals surface area contributed by atoms with Crippen LogP contribution in [0.4, 0.5) is 16.6 Å². The molecule has 6 N–H and O–H groups in total. The molecule has 2 aliphatic rings. The zero-order valence-electron chi connectivity index (χ0n) is 18.5. The molecule has 9 nitrogen and oxygen atoms in total. The Morgan fingerprint density at radius 3 is 2.53 bits per heavy atom. The molecule has 0 saturated heterocycles. The second-order valence-corrected chi connectivity index (χ2v) is 9.73. The van der Waals surface area contributed by atoms with Gasteiger partial charge >= 0.3 is 0 Å². The third kappa shape index (κ3) is 5.93. The topological polar surface area (TPSA) is 138 Å². The van der Waals surface area contributed by atoms with E-state index in [0.717, 1.165) is 49.2 Å². The van der Waals surface area contributed by atoms with E-state index < -0.39 is 6.23 Å². The molecule has 0 aliphatic heterocycles. The Morgan fingerprint density at radius 2 is 1.88 bits per heavy atom. The predicted molar refractivity (Wildman–Crippen MR) is 126 cm³/mol. The molecule has 2 heterocycles. The summed E-state index contributed by atoms with van der Waals surface area (Å²) in [6.07, 6.45) is 9.87. The van der Waals surface area contributed by atoms with Crippen molar-refractivity contribution in [3.63, 3.8) is 0 Å². The van der Waals surface area contributed by atoms with Gasteiger partial charge in [-0.2, -0.15) is 4.37 Å². The molecule has 2 aromatic heterocycles. The fourth-order valence-corrected chi connectivity index (χ4v) is 5.25. The number of nitrogens with two attached hydrogens (primary N) is 1. The highest BCUT2D eigenvalue weighted by Crippen LogP contribution is 2.28. The number of hydrogen-bond donors (Lipinski definition) is 5. The molecular formula is C22H33N7O2S. The molecule has 32 heavy (non-hydrogen) atoms. The Kier molecular flexibility index (Phi) is 7.54. The van der Waals surface area contributed by atoms with E-state index in [1.54, 1.807) is 6.20 Å². The van der Waals surface area contributed by atoms with Crippen molar-refractivity contribution < 1.29 is 9.90 Å². The Hall–Kier alpha value is -2.30. The van der Waals surface area contributed by atoms with E-state index in [0.29, 0.717) is 11.6 Å². The number of hydrogen-bond acceptors (Lipinski definition) is 9. The number of nitrogens with zero attached hydrogens (tertiary/aromatic N) is 3. The highest BCUT2D eigenvalue weighted by Gasteiger charge is 2.27. The molecule has 2 fully saturated rings. The SMILES string of the molecule is Cc1cc(Nc2nc(NC3CCC(NC(=O)C4CCCCC4)CC3)cnc2C(N)O)sn1. The Morgan fingerprint density at radius 1 is 1.16 bits per heavy atom. The van der Waals surface area contributed by atoms with Gasteiger partial charge in [-0.3, -0.25) is 4.79 Å². The van der Waals surface area contributed by atoms with Gasteiger partial charge in [0.15, 0.2) is 5.82 Å². The van der Waals surface area contributed by atoms with E-state index in [9.17, 15) is 9.90 Å². The molecule has 1 unspecified atom stereocenters. The maximum Gasteiger partial charge on any atom is 0.223 e. The third-order valence-corrected chi connectivity index (χ3v) is 7.15. The highest BCUT2D eigenvalue weighted by atomic mass is 32.1. The summed E-state index contributed by atoms with van der Waals surface area (Å²) in [5.74, 6) is 1.51. The van der Waals surface area contributed by atoms with Gasteiger partial charge in [0, 0.05) is 18.0 Å². The van der Waals surface area contributed by atoms with Crippen LogP contribution < -0.4 is 21.7 Å². The molecule has 10 heteroatoms. The zero-order chi connectivity index (χ0) is 22.5. The molecule has 2 aliphatic carbocycles. The maximum atomic E-state index is 12.5. The predicted octanol–water partition coefficient (Wildman–Crippen LogP) is 3.35. The number of rotatable bonds is 7. The number of carbonyl (C=O) groups is 1. The van der Waals surface area contributed by atoms with Gasteiger partial charge in [0.25, 0.3) is 0 Å². The number of aromatic nitrogens is 3. The molecule has 0 aromatic carbocycles. The van der Waals surface area contributed by atoms with Gasteiger partial charge in [0.05, 0.1) is 11.9 Å². The van der Waals surface area contributed by atoms with Crippen LogP contribution in [0, 0.1) is 12.8 Å². The number of aliphatic hydroxyl groups is 1. The van der Waals surface area contributed by atoms with E-state index in [1.807, 2.05) is 13.0 Å². The van der Waals surface area contributed by atoms with Gasteiger partial charge in [-0.05, 0) is 63.0 Å². The first-order chi connectivity index (χ1) is 15.5. The quantitative estimate of drug-likeness (QED) is 0.397. The first kappa shape index (κ1) is 22.9. The van der Waals surface area contributed by atoms with Gasteiger partial charge < -0.3 is 26.8 Å². The average Bonchev–Trinajstić information content (AvgIpc) is 3.20. The summed E-state index contributed by atoms with van der Waals surface area (Å²) in [6, 6.07) is 2.43. The fraction of sp³-hybridized carbons (Fsp3) is 0.636. The summed E-state index contributed by atoms with van der Waals surface area (Å²) < 4.78 is 4.25. The van der Waals surface area contributed by atoms with E-state index in [2.05, 4.69) is 30.3 Å². The van der Waals surface area contributed by atoms with E-state index >= 15 is 0 Å². The first-order valence-corrected chi connectivity index (χ1v) is 12.3. The first-order valence-electron chi connectivity index (χ1n) is 11.6. The molecular weight excluding hydrogens is 426 g/mol. The van der Waals surface area contributed by atoms with Crippen LogP contribution in [-0.4, -0.2) is 37.4 Å². The Bertz CT molecular complexity index is 905. The minimum absolute atomic E-state index is 0.208. The van der Waals surface area contributed by atoms with Crippen molar-refractivity contribution in [2.45, 2.75) is 83.0 Å². The van der Waals surface area contributed by atoms with Crippen molar-refractivity contribution >= 4 is 34.1 Å². The molecule has 0 radical (unpaired) electrons. The number of aliphatic hydroxyl groups excluding tert-OH is 1. The van der Waals surface area contributed by atoms with Crippen molar-refractivity contribution in [1.82, 2.24) is 19.7 Å². The van der Waals surface area contributed by atoms with Crippen LogP contribution in [0.25, 0.3) is 0 Å². The minimum Gasteiger partial charge on any atom is -0.373 e. The van der Waals surface area contributed by atoms with Crippen LogP contribution in [0.5, 0.6) is 0 Å². The van der Waals surface area contributed by atoms with Gasteiger partial charge in [0.1, 0.15) is 22.7 Å². The van der Waals surface area contributed by atoms with Crippen LogP contribution in [-0.2, 0) is 4.79 Å². The smallest absolute Gasteiger partial charge is 0.223 e. The van der Waals surface area contributed by atoms with E-state index in [1.165, 1.54) is 30.8 Å². The van der Waals surface area contributed by atoms with E-state index in [-0.39, 0.29) is 29.6 Å². The monoisotopic (exact) mass is 459 g/mol. The number of aryl methyl sites for hydroxylation is 1. The summed E-state index contributed by atoms with van der Waals surface area (Å²) in [6.45, 7) is 1.91. The van der Waals surface area contributed by atoms with E-state index in [4.69, 9.17) is 5.73 Å². The van der Waals surface area contributed by atoms with Gasteiger partial charge in [-0.25, -0.2) is 9.97 Å². The zero-order valence-corrected chi connectivity index (χ0v) is 19.3. The lowest BCUT2D eigenvalue weighted by Gasteiger charge is -2.31. The lowest BCUT2D eigenvalue weighted by atomic mass is 9.87. The van der Waals surface area contributed by atoms with Crippen LogP contribution in [0.3, 0.4) is 0 Å². The highest BCUT2D eigenvalue weighted by molar-refractivity contribution is 7.10. The molecule has 0 spiro atoms. The molecule has 1 amide bonds. The Balaban J connectivity index is 1.32. The fourth-order valence-electron chi connectivity index (χ4n) is 4.59. The molecule has 174 valence electrons. The van der Waals surface area contributed by atoms with Crippen molar-refractivity contribution in [1.29, 1.82) is 0 Å². The minimum atomic E-state index is -1.23. The second kappa shape index (κ2) is 10.5. The van der Waals surface area contributed by atoms with Gasteiger partial charge in [-0.15, -0.1) is 0 Å². The van der Waals surface area contributed by atoms with Crippen LogP contribution >= 0.6 is 11.5 Å². The largest absolute Gasteiger partial charge is 0.373 e. The summed E-state index contributed by atoms with van der Waals surface area (Å²) in [4.78, 5) is 21.5. The maximum absolute atomic E-state index is 12.5. The van der Waals surface area contributed by atoms with Crippen molar-refractivity contribution in [3.05, 3.63) is 23.7 Å². The average molecular weight is 460 g/mol. The molecule has 2 aromatic rings. The van der Waals surface area contributed by atoms with Gasteiger partial charge in [-0.1, -0.05) is 19.3 Å². The van der Waals surface area contributed by atoms with Crippen LogP contribution in [0.2, 0.25) is 0 Å². The lowest BCUT2D eigenvalue weighted by molar-refractivity contribution is -0.126. The summed E-state index contributed by atoms with van der Waals surface area (Å²) in [5, 5.41) is 20.6. The van der Waals surface area contributed by atoms with Crippen LogP contribution in [0.15, 0.2) is 12.3 Å². The molecule has 2 saturated carbocycles. The summed E-state index contributed by atoms with van der Waals surface area (Å²) >= 11 is 1.32. The second-order valence-electron chi connectivity index (χ2n) is 8.93. The normalized spacial score (nSPS) is 22.8. The van der Waals surface area contributed by atoms with Crippen molar-refractivity contribution in [3.8, 4) is 0 Å². The number of nitrogens with one attached hydrogen (secondary N) is 3. The van der Waals surface area contributed by atoms with Crippen molar-refractivity contribution in [2.75, 3.05) is 10.6 Å². The summed E-state index contributed by atoms with van der Waals surface area (Å²) in [5.41, 5.74) is 6.85. The standard InChI is InChI=1S/C22H33N7O2S/c1-13-11-18(32-29-13)28-21-19(20(23)30)24-12-17(27-21)25-15-7-9-16(10-8-15)26-22(31)14-5-3-2-4-6-14/h11-12,14-16,20,30H,2-10,23H2,1H3,(H,26,31)(H2,25,27,28).